The van der Waals surface area contributed by atoms with E-state index in [4.69, 9.17) is 9.72 Å². The number of aryl methyl sites for hydroxylation is 1. The molecule has 3 atom stereocenters. The van der Waals surface area contributed by atoms with Gasteiger partial charge in [-0.1, -0.05) is 56.3 Å². The number of fused-ring (bicyclic) bond motifs is 3. The number of ether oxygens (including phenoxy) is 1. The van der Waals surface area contributed by atoms with Crippen LogP contribution in [0.1, 0.15) is 108 Å². The van der Waals surface area contributed by atoms with Gasteiger partial charge in [0, 0.05) is 36.8 Å². The summed E-state index contributed by atoms with van der Waals surface area (Å²) in [6.07, 6.45) is 7.87. The van der Waals surface area contributed by atoms with Gasteiger partial charge in [0.15, 0.2) is 0 Å². The van der Waals surface area contributed by atoms with Crippen LogP contribution in [-0.4, -0.2) is 70.1 Å². The summed E-state index contributed by atoms with van der Waals surface area (Å²) in [6.45, 7) is 9.19. The number of methoxy groups -OCH3 is 1. The Kier molecular flexibility index (Phi) is 8.69. The molecule has 7 rings (SSSR count). The van der Waals surface area contributed by atoms with Gasteiger partial charge in [0.25, 0.3) is 5.91 Å². The highest BCUT2D eigenvalue weighted by atomic mass is 16.5. The van der Waals surface area contributed by atoms with Crippen molar-refractivity contribution in [2.75, 3.05) is 26.7 Å². The van der Waals surface area contributed by atoms with E-state index in [0.29, 0.717) is 48.3 Å². The van der Waals surface area contributed by atoms with Crippen LogP contribution in [0.25, 0.3) is 11.0 Å². The first-order valence-corrected chi connectivity index (χ1v) is 17.5. The summed E-state index contributed by atoms with van der Waals surface area (Å²) in [7, 11) is 1.37. The molecule has 0 radical (unpaired) electrons. The first-order valence-electron chi connectivity index (χ1n) is 17.5. The van der Waals surface area contributed by atoms with Crippen molar-refractivity contribution in [3.8, 4) is 0 Å². The van der Waals surface area contributed by atoms with Crippen molar-refractivity contribution in [1.82, 2.24) is 19.4 Å². The second-order valence-corrected chi connectivity index (χ2v) is 14.4. The number of aromatic nitrogens is 2. The van der Waals surface area contributed by atoms with Gasteiger partial charge >= 0.3 is 5.97 Å². The minimum Gasteiger partial charge on any atom is -0.465 e. The fourth-order valence-corrected chi connectivity index (χ4v) is 8.92. The van der Waals surface area contributed by atoms with Crippen molar-refractivity contribution in [1.29, 1.82) is 0 Å². The number of rotatable bonds is 8. The van der Waals surface area contributed by atoms with E-state index in [-0.39, 0.29) is 11.3 Å². The van der Waals surface area contributed by atoms with Crippen molar-refractivity contribution < 1.29 is 14.3 Å². The number of benzene rings is 3. The molecule has 0 N–H and O–H groups in total. The van der Waals surface area contributed by atoms with E-state index in [9.17, 15) is 9.59 Å². The largest absolute Gasteiger partial charge is 0.465 e. The van der Waals surface area contributed by atoms with Crippen LogP contribution in [-0.2, 0) is 10.2 Å². The zero-order chi connectivity index (χ0) is 32.7. The molecule has 3 aromatic carbocycles. The minimum atomic E-state index is -0.422. The first kappa shape index (κ1) is 31.6. The van der Waals surface area contributed by atoms with Gasteiger partial charge in [-0.15, -0.1) is 0 Å². The summed E-state index contributed by atoms with van der Waals surface area (Å²) in [5.41, 5.74) is 6.14. The Labute approximate surface area is 278 Å². The lowest BCUT2D eigenvalue weighted by Crippen LogP contribution is -2.49. The standard InChI is InChI=1S/C40H48N4O3/c1-27(2)29-9-8-12-32(24-29)40(17-20-42(21-18-40)38(45)30-10-7-11-31(23-30)39(46)47-4)19-22-43-33-15-16-34(43)26-35(25-33)44-28(3)41-36-13-5-6-14-37(36)44/h5-14,23-24,27,33-35H,15-22,25-26H2,1-4H3/t33-,34+,35?. The Morgan fingerprint density at radius 3 is 2.32 bits per heavy atom. The Morgan fingerprint density at radius 2 is 1.60 bits per heavy atom. The molecule has 0 spiro atoms. The number of hydrogen-bond acceptors (Lipinski definition) is 5. The van der Waals surface area contributed by atoms with Crippen LogP contribution in [0.5, 0.6) is 0 Å². The van der Waals surface area contributed by atoms with Crippen molar-refractivity contribution in [2.45, 2.75) is 95.2 Å². The molecule has 47 heavy (non-hydrogen) atoms. The van der Waals surface area contributed by atoms with Crippen LogP contribution in [0.3, 0.4) is 0 Å². The van der Waals surface area contributed by atoms with Gasteiger partial charge in [-0.25, -0.2) is 9.78 Å². The predicted molar refractivity (Wildman–Crippen MR) is 186 cm³/mol. The third kappa shape index (κ3) is 5.99. The van der Waals surface area contributed by atoms with Gasteiger partial charge in [0.1, 0.15) is 5.82 Å². The van der Waals surface area contributed by atoms with Crippen molar-refractivity contribution in [2.24, 2.45) is 0 Å². The van der Waals surface area contributed by atoms with E-state index in [2.05, 4.69) is 78.8 Å². The molecule has 3 aliphatic rings. The summed E-state index contributed by atoms with van der Waals surface area (Å²) in [5.74, 6) is 1.16. The lowest BCUT2D eigenvalue weighted by atomic mass is 9.69. The summed E-state index contributed by atoms with van der Waals surface area (Å²) in [6, 6.07) is 26.5. The van der Waals surface area contributed by atoms with E-state index in [1.807, 2.05) is 4.90 Å². The number of carbonyl (C=O) groups excluding carboxylic acids is 2. The zero-order valence-corrected chi connectivity index (χ0v) is 28.3. The molecule has 1 aromatic heterocycles. The van der Waals surface area contributed by atoms with Crippen LogP contribution < -0.4 is 0 Å². The maximum absolute atomic E-state index is 13.6. The van der Waals surface area contributed by atoms with Crippen molar-refractivity contribution in [3.63, 3.8) is 0 Å². The number of piperidine rings is 2. The molecule has 3 fully saturated rings. The fraction of sp³-hybridized carbons (Fsp3) is 0.475. The number of likely N-dealkylation sites (tertiary alicyclic amines) is 1. The normalized spacial score (nSPS) is 22.6. The number of para-hydroxylation sites is 2. The molecule has 4 heterocycles. The Balaban J connectivity index is 1.09. The molecule has 3 saturated heterocycles. The number of hydrogen-bond donors (Lipinski definition) is 0. The topological polar surface area (TPSA) is 67.7 Å². The first-order chi connectivity index (χ1) is 22.8. The highest BCUT2D eigenvalue weighted by molar-refractivity contribution is 5.98. The highest BCUT2D eigenvalue weighted by Gasteiger charge is 2.44. The lowest BCUT2D eigenvalue weighted by molar-refractivity contribution is 0.0600. The van der Waals surface area contributed by atoms with Gasteiger partial charge in [-0.2, -0.15) is 0 Å². The average Bonchev–Trinajstić information content (AvgIpc) is 3.56. The van der Waals surface area contributed by atoms with E-state index >= 15 is 0 Å². The lowest BCUT2D eigenvalue weighted by Gasteiger charge is -2.46. The molecule has 0 saturated carbocycles. The molecule has 2 bridgehead atoms. The summed E-state index contributed by atoms with van der Waals surface area (Å²) in [5, 5.41) is 0. The Morgan fingerprint density at radius 1 is 0.894 bits per heavy atom. The fourth-order valence-electron chi connectivity index (χ4n) is 8.92. The maximum atomic E-state index is 13.6. The molecule has 0 aliphatic carbocycles. The molecule has 3 aliphatic heterocycles. The van der Waals surface area contributed by atoms with Crippen LogP contribution in [0.4, 0.5) is 0 Å². The van der Waals surface area contributed by atoms with Gasteiger partial charge in [0.05, 0.1) is 23.7 Å². The second kappa shape index (κ2) is 12.9. The van der Waals surface area contributed by atoms with Crippen molar-refractivity contribution >= 4 is 22.9 Å². The zero-order valence-electron chi connectivity index (χ0n) is 28.3. The molecule has 1 unspecified atom stereocenters. The molecule has 7 heteroatoms. The van der Waals surface area contributed by atoms with E-state index in [1.54, 1.807) is 24.3 Å². The molecule has 1 amide bonds. The smallest absolute Gasteiger partial charge is 0.337 e. The van der Waals surface area contributed by atoms with Gasteiger partial charge in [-0.05, 0) is 111 Å². The van der Waals surface area contributed by atoms with E-state index < -0.39 is 5.97 Å². The number of nitrogens with zero attached hydrogens (tertiary/aromatic N) is 4. The third-order valence-electron chi connectivity index (χ3n) is 11.5. The molecule has 246 valence electrons. The van der Waals surface area contributed by atoms with Gasteiger partial charge in [0.2, 0.25) is 0 Å². The van der Waals surface area contributed by atoms with E-state index in [0.717, 1.165) is 37.1 Å². The van der Waals surface area contributed by atoms with Crippen LogP contribution in [0.15, 0.2) is 72.8 Å². The second-order valence-electron chi connectivity index (χ2n) is 14.4. The summed E-state index contributed by atoms with van der Waals surface area (Å²) >= 11 is 0. The van der Waals surface area contributed by atoms with Gasteiger partial charge < -0.3 is 14.2 Å². The molecular formula is C40H48N4O3. The number of esters is 1. The molecular weight excluding hydrogens is 584 g/mol. The minimum absolute atomic E-state index is 0.0114. The average molecular weight is 633 g/mol. The van der Waals surface area contributed by atoms with E-state index in [1.165, 1.54) is 49.4 Å². The van der Waals surface area contributed by atoms with Gasteiger partial charge in [-0.3, -0.25) is 9.69 Å². The predicted octanol–water partition coefficient (Wildman–Crippen LogP) is 7.69. The number of imidazole rings is 1. The van der Waals surface area contributed by atoms with Crippen LogP contribution in [0.2, 0.25) is 0 Å². The quantitative estimate of drug-likeness (QED) is 0.186. The monoisotopic (exact) mass is 632 g/mol. The molecule has 4 aromatic rings. The summed E-state index contributed by atoms with van der Waals surface area (Å²) < 4.78 is 7.41. The highest BCUT2D eigenvalue weighted by Crippen LogP contribution is 2.45. The number of carbonyl (C=O) groups is 2. The maximum Gasteiger partial charge on any atom is 0.337 e. The third-order valence-corrected chi connectivity index (χ3v) is 11.5. The Hall–Kier alpha value is -3.97. The number of amides is 1. The summed E-state index contributed by atoms with van der Waals surface area (Å²) in [4.78, 5) is 35.5. The van der Waals surface area contributed by atoms with Crippen LogP contribution >= 0.6 is 0 Å². The SMILES string of the molecule is COC(=O)c1cccc(C(=O)N2CCC(CCN3[C@@H]4CC[C@H]3CC(n3c(C)nc5ccccc53)C4)(c3cccc(C(C)C)c3)CC2)c1. The molecule has 7 nitrogen and oxygen atoms in total. The Bertz CT molecular complexity index is 1750. The van der Waals surface area contributed by atoms with Crippen molar-refractivity contribution in [3.05, 3.63) is 101 Å². The van der Waals surface area contributed by atoms with Crippen LogP contribution in [0, 0.1) is 6.92 Å².